The van der Waals surface area contributed by atoms with Crippen LogP contribution in [0.25, 0.3) is 0 Å². The number of rotatable bonds is 4. The molecule has 1 aliphatic heterocycles. The number of carbonyl (C=O) groups excluding carboxylic acids is 2. The van der Waals surface area contributed by atoms with Crippen LogP contribution in [-0.2, 0) is 9.53 Å². The molecule has 0 spiro atoms. The van der Waals surface area contributed by atoms with Gasteiger partial charge in [-0.05, 0) is 32.4 Å². The van der Waals surface area contributed by atoms with Crippen LogP contribution in [0.4, 0.5) is 10.5 Å². The summed E-state index contributed by atoms with van der Waals surface area (Å²) in [7, 11) is 3.07. The van der Waals surface area contributed by atoms with Crippen molar-refractivity contribution in [2.75, 3.05) is 26.1 Å². The summed E-state index contributed by atoms with van der Waals surface area (Å²) in [5, 5.41) is 5.55. The van der Waals surface area contributed by atoms with Gasteiger partial charge in [0.1, 0.15) is 5.60 Å². The van der Waals surface area contributed by atoms with Gasteiger partial charge in [0, 0.05) is 24.9 Å². The highest BCUT2D eigenvalue weighted by molar-refractivity contribution is 5.88. The third-order valence-corrected chi connectivity index (χ3v) is 3.61. The first-order valence-corrected chi connectivity index (χ1v) is 7.76. The van der Waals surface area contributed by atoms with E-state index in [1.165, 1.54) is 7.11 Å². The molecule has 0 aliphatic carbocycles. The van der Waals surface area contributed by atoms with Crippen LogP contribution in [-0.4, -0.2) is 38.4 Å². The maximum Gasteiger partial charge on any atom is 0.412 e. The predicted molar refractivity (Wildman–Crippen MR) is 89.8 cm³/mol. The van der Waals surface area contributed by atoms with E-state index in [1.807, 2.05) is 0 Å². The van der Waals surface area contributed by atoms with Gasteiger partial charge in [0.15, 0.2) is 11.5 Å². The van der Waals surface area contributed by atoms with E-state index in [0.29, 0.717) is 30.2 Å². The summed E-state index contributed by atoms with van der Waals surface area (Å²) >= 11 is 0. The van der Waals surface area contributed by atoms with Crippen molar-refractivity contribution in [3.05, 3.63) is 17.7 Å². The lowest BCUT2D eigenvalue weighted by atomic mass is 9.95. The minimum absolute atomic E-state index is 0.0157. The Morgan fingerprint density at radius 3 is 2.33 bits per heavy atom. The number of amides is 2. The Morgan fingerprint density at radius 1 is 1.21 bits per heavy atom. The highest BCUT2D eigenvalue weighted by Gasteiger charge is 2.28. The Hall–Kier alpha value is -2.44. The van der Waals surface area contributed by atoms with Crippen molar-refractivity contribution in [3.63, 3.8) is 0 Å². The van der Waals surface area contributed by atoms with Gasteiger partial charge in [0.05, 0.1) is 19.9 Å². The highest BCUT2D eigenvalue weighted by Crippen LogP contribution is 2.39. The molecule has 2 amide bonds. The number of methoxy groups -OCH3 is 2. The van der Waals surface area contributed by atoms with Crippen molar-refractivity contribution in [3.8, 4) is 11.5 Å². The van der Waals surface area contributed by atoms with Crippen LogP contribution >= 0.6 is 0 Å². The summed E-state index contributed by atoms with van der Waals surface area (Å²) in [5.41, 5.74) is 0.742. The van der Waals surface area contributed by atoms with E-state index in [9.17, 15) is 9.59 Å². The van der Waals surface area contributed by atoms with Crippen LogP contribution in [0.2, 0.25) is 0 Å². The summed E-state index contributed by atoms with van der Waals surface area (Å²) in [4.78, 5) is 23.7. The minimum atomic E-state index is -0.605. The van der Waals surface area contributed by atoms with Gasteiger partial charge in [-0.1, -0.05) is 0 Å². The number of benzene rings is 1. The minimum Gasteiger partial charge on any atom is -0.493 e. The molecule has 0 saturated carbocycles. The number of nitrogens with one attached hydrogen (secondary N) is 2. The molecular formula is C17H24N2O5. The summed E-state index contributed by atoms with van der Waals surface area (Å²) in [6, 6.07) is 3.47. The van der Waals surface area contributed by atoms with E-state index in [0.717, 1.165) is 5.56 Å². The van der Waals surface area contributed by atoms with Gasteiger partial charge in [-0.3, -0.25) is 10.1 Å². The normalized spacial score (nSPS) is 17.2. The molecule has 1 atom stereocenters. The largest absolute Gasteiger partial charge is 0.493 e. The van der Waals surface area contributed by atoms with Crippen LogP contribution in [0, 0.1) is 0 Å². The van der Waals surface area contributed by atoms with Crippen molar-refractivity contribution in [2.24, 2.45) is 0 Å². The van der Waals surface area contributed by atoms with Crippen LogP contribution in [0.5, 0.6) is 11.5 Å². The van der Waals surface area contributed by atoms with Crippen LogP contribution < -0.4 is 20.1 Å². The molecule has 132 valence electrons. The molecule has 1 heterocycles. The number of ether oxygens (including phenoxy) is 3. The van der Waals surface area contributed by atoms with Crippen LogP contribution in [0.15, 0.2) is 12.1 Å². The Morgan fingerprint density at radius 2 is 1.83 bits per heavy atom. The molecule has 1 fully saturated rings. The van der Waals surface area contributed by atoms with Crippen molar-refractivity contribution in [1.82, 2.24) is 5.32 Å². The zero-order valence-electron chi connectivity index (χ0n) is 14.7. The Kier molecular flexibility index (Phi) is 5.21. The average Bonchev–Trinajstić information content (AvgIpc) is 2.91. The van der Waals surface area contributed by atoms with Crippen molar-refractivity contribution < 1.29 is 23.8 Å². The molecule has 7 nitrogen and oxygen atoms in total. The summed E-state index contributed by atoms with van der Waals surface area (Å²) in [5.74, 6) is 0.964. The quantitative estimate of drug-likeness (QED) is 0.883. The van der Waals surface area contributed by atoms with E-state index in [4.69, 9.17) is 14.2 Å². The lowest BCUT2D eigenvalue weighted by Gasteiger charge is -2.22. The number of anilines is 1. The van der Waals surface area contributed by atoms with E-state index >= 15 is 0 Å². The first-order chi connectivity index (χ1) is 11.2. The molecule has 1 saturated heterocycles. The molecule has 1 aromatic carbocycles. The van der Waals surface area contributed by atoms with E-state index in [1.54, 1.807) is 40.0 Å². The number of carbonyl (C=O) groups is 2. The zero-order chi connectivity index (χ0) is 17.9. The fourth-order valence-corrected chi connectivity index (χ4v) is 2.58. The summed E-state index contributed by atoms with van der Waals surface area (Å²) in [6.45, 7) is 5.89. The smallest absolute Gasteiger partial charge is 0.412 e. The Balaban J connectivity index is 2.35. The predicted octanol–water partition coefficient (Wildman–Crippen LogP) is 2.65. The van der Waals surface area contributed by atoms with Gasteiger partial charge >= 0.3 is 6.09 Å². The fraction of sp³-hybridized carbons (Fsp3) is 0.529. The monoisotopic (exact) mass is 336 g/mol. The third kappa shape index (κ3) is 4.31. The molecule has 0 radical (unpaired) electrons. The lowest BCUT2D eigenvalue weighted by Crippen LogP contribution is -2.27. The molecule has 0 aromatic heterocycles. The molecule has 2 N–H and O–H groups in total. The molecule has 7 heteroatoms. The second-order valence-corrected chi connectivity index (χ2v) is 6.63. The summed E-state index contributed by atoms with van der Waals surface area (Å²) < 4.78 is 15.9. The zero-order valence-corrected chi connectivity index (χ0v) is 14.7. The van der Waals surface area contributed by atoms with Crippen molar-refractivity contribution in [2.45, 2.75) is 38.7 Å². The van der Waals surface area contributed by atoms with Crippen LogP contribution in [0.3, 0.4) is 0 Å². The van der Waals surface area contributed by atoms with Gasteiger partial charge < -0.3 is 19.5 Å². The second-order valence-electron chi connectivity index (χ2n) is 6.63. The fourth-order valence-electron chi connectivity index (χ4n) is 2.58. The van der Waals surface area contributed by atoms with Crippen LogP contribution in [0.1, 0.15) is 38.7 Å². The molecule has 1 unspecified atom stereocenters. The van der Waals surface area contributed by atoms with Gasteiger partial charge in [0.25, 0.3) is 0 Å². The second kappa shape index (κ2) is 6.98. The Bertz CT molecular complexity index is 637. The SMILES string of the molecule is COc1cc(NC(=O)OC(C)(C)C)c(C2CNC(=O)C2)cc1OC. The molecule has 1 aliphatic rings. The maximum absolute atomic E-state index is 12.1. The topological polar surface area (TPSA) is 85.9 Å². The standard InChI is InChI=1S/C17H24N2O5/c1-17(2,3)24-16(21)19-12-8-14(23-5)13(22-4)7-11(12)10-6-15(20)18-9-10/h7-8,10H,6,9H2,1-5H3,(H,18,20)(H,19,21). The lowest BCUT2D eigenvalue weighted by molar-refractivity contribution is -0.119. The first-order valence-electron chi connectivity index (χ1n) is 7.76. The first kappa shape index (κ1) is 17.9. The maximum atomic E-state index is 12.1. The number of hydrogen-bond donors (Lipinski definition) is 2. The molecule has 1 aromatic rings. The molecule has 0 bridgehead atoms. The molecule has 24 heavy (non-hydrogen) atoms. The van der Waals surface area contributed by atoms with Gasteiger partial charge in [-0.2, -0.15) is 0 Å². The van der Waals surface area contributed by atoms with Crippen molar-refractivity contribution in [1.29, 1.82) is 0 Å². The van der Waals surface area contributed by atoms with Gasteiger partial charge in [-0.25, -0.2) is 4.79 Å². The third-order valence-electron chi connectivity index (χ3n) is 3.61. The number of hydrogen-bond acceptors (Lipinski definition) is 5. The van der Waals surface area contributed by atoms with Gasteiger partial charge in [-0.15, -0.1) is 0 Å². The van der Waals surface area contributed by atoms with Crippen molar-refractivity contribution >= 4 is 17.7 Å². The highest BCUT2D eigenvalue weighted by atomic mass is 16.6. The molecule has 2 rings (SSSR count). The Labute approximate surface area is 141 Å². The van der Waals surface area contributed by atoms with E-state index in [2.05, 4.69) is 10.6 Å². The van der Waals surface area contributed by atoms with E-state index in [-0.39, 0.29) is 11.8 Å². The van der Waals surface area contributed by atoms with E-state index < -0.39 is 11.7 Å². The average molecular weight is 336 g/mol. The van der Waals surface area contributed by atoms with Gasteiger partial charge in [0.2, 0.25) is 5.91 Å². The summed E-state index contributed by atoms with van der Waals surface area (Å²) in [6.07, 6.45) is -0.202. The molecular weight excluding hydrogens is 312 g/mol.